The molecule has 0 unspecified atom stereocenters. The van der Waals surface area contributed by atoms with Crippen LogP contribution in [0.25, 0.3) is 6.08 Å². The molecule has 0 saturated carbocycles. The highest BCUT2D eigenvalue weighted by atomic mass is 15.1. The molecule has 1 heteroatoms. The standard InChI is InChI=1S/C17H37N.C8H8/c1-4-6-8-10-12-14-16-18(3)17-15-13-11-9-7-5-2;1-2-8-6-4-3-5-7-8/h4-17H2,1-3H3;2-7H,1H2. The van der Waals surface area contributed by atoms with Crippen LogP contribution >= 0.6 is 0 Å². The first-order valence-electron chi connectivity index (χ1n) is 11.1. The van der Waals surface area contributed by atoms with Crippen molar-refractivity contribution in [3.8, 4) is 0 Å². The van der Waals surface area contributed by atoms with Gasteiger partial charge >= 0.3 is 0 Å². The Morgan fingerprint density at radius 1 is 0.692 bits per heavy atom. The minimum Gasteiger partial charge on any atom is -0.306 e. The fraction of sp³-hybridized carbons (Fsp3) is 0.680. The normalized spacial score (nSPS) is 10.5. The van der Waals surface area contributed by atoms with Gasteiger partial charge in [-0.1, -0.05) is 121 Å². The molecule has 0 heterocycles. The van der Waals surface area contributed by atoms with E-state index in [0.717, 1.165) is 0 Å². The number of hydrogen-bond donors (Lipinski definition) is 0. The first-order chi connectivity index (χ1) is 12.7. The summed E-state index contributed by atoms with van der Waals surface area (Å²) in [5, 5.41) is 0. The molecule has 1 aromatic carbocycles. The maximum Gasteiger partial charge on any atom is -0.00218 e. The third-order valence-electron chi connectivity index (χ3n) is 4.82. The van der Waals surface area contributed by atoms with Crippen molar-refractivity contribution in [3.05, 3.63) is 42.5 Å². The Morgan fingerprint density at radius 3 is 1.50 bits per heavy atom. The van der Waals surface area contributed by atoms with Crippen molar-refractivity contribution in [3.63, 3.8) is 0 Å². The van der Waals surface area contributed by atoms with Crippen LogP contribution in [0.2, 0.25) is 0 Å². The van der Waals surface area contributed by atoms with E-state index in [2.05, 4.69) is 32.4 Å². The lowest BCUT2D eigenvalue weighted by Gasteiger charge is -2.16. The number of rotatable bonds is 15. The molecule has 0 aliphatic rings. The van der Waals surface area contributed by atoms with E-state index in [-0.39, 0.29) is 0 Å². The third-order valence-corrected chi connectivity index (χ3v) is 4.82. The molecular formula is C25H45N. The van der Waals surface area contributed by atoms with Crippen molar-refractivity contribution >= 4 is 6.08 Å². The summed E-state index contributed by atoms with van der Waals surface area (Å²) in [7, 11) is 2.29. The maximum atomic E-state index is 3.63. The van der Waals surface area contributed by atoms with Gasteiger partial charge in [0.2, 0.25) is 0 Å². The molecule has 0 spiro atoms. The molecule has 1 nitrogen and oxygen atoms in total. The second-order valence-electron chi connectivity index (χ2n) is 7.45. The van der Waals surface area contributed by atoms with Crippen LogP contribution in [-0.4, -0.2) is 25.0 Å². The summed E-state index contributed by atoms with van der Waals surface area (Å²) in [6.45, 7) is 10.8. The Balaban J connectivity index is 0.000000642. The fourth-order valence-corrected chi connectivity index (χ4v) is 3.03. The van der Waals surface area contributed by atoms with Crippen LogP contribution in [0.4, 0.5) is 0 Å². The zero-order valence-electron chi connectivity index (χ0n) is 18.0. The van der Waals surface area contributed by atoms with E-state index >= 15 is 0 Å². The fourth-order valence-electron chi connectivity index (χ4n) is 3.03. The number of nitrogens with zero attached hydrogens (tertiary/aromatic N) is 1. The van der Waals surface area contributed by atoms with Crippen LogP contribution in [0.3, 0.4) is 0 Å². The molecule has 1 aromatic rings. The Labute approximate surface area is 164 Å². The highest BCUT2D eigenvalue weighted by molar-refractivity contribution is 5.45. The highest BCUT2D eigenvalue weighted by Crippen LogP contribution is 2.07. The zero-order valence-corrected chi connectivity index (χ0v) is 18.0. The van der Waals surface area contributed by atoms with Crippen LogP contribution < -0.4 is 0 Å². The molecular weight excluding hydrogens is 314 g/mol. The van der Waals surface area contributed by atoms with Crippen molar-refractivity contribution in [1.82, 2.24) is 4.90 Å². The largest absolute Gasteiger partial charge is 0.306 e. The Hall–Kier alpha value is -1.08. The van der Waals surface area contributed by atoms with E-state index in [1.807, 2.05) is 36.4 Å². The quantitative estimate of drug-likeness (QED) is 0.287. The number of benzene rings is 1. The molecule has 0 saturated heterocycles. The van der Waals surface area contributed by atoms with Gasteiger partial charge in [0.15, 0.2) is 0 Å². The van der Waals surface area contributed by atoms with Gasteiger partial charge in [-0.15, -0.1) is 0 Å². The average molecular weight is 360 g/mol. The second-order valence-corrected chi connectivity index (χ2v) is 7.45. The summed E-state index contributed by atoms with van der Waals surface area (Å²) in [4.78, 5) is 2.53. The lowest BCUT2D eigenvalue weighted by atomic mass is 10.1. The van der Waals surface area contributed by atoms with Crippen LogP contribution in [-0.2, 0) is 0 Å². The van der Waals surface area contributed by atoms with Gasteiger partial charge < -0.3 is 4.90 Å². The summed E-state index contributed by atoms with van der Waals surface area (Å²) in [6, 6.07) is 10.0. The number of unbranched alkanes of at least 4 members (excludes halogenated alkanes) is 10. The van der Waals surface area contributed by atoms with Crippen molar-refractivity contribution in [2.24, 2.45) is 0 Å². The third kappa shape index (κ3) is 17.7. The molecule has 0 aromatic heterocycles. The maximum absolute atomic E-state index is 3.63. The molecule has 0 bridgehead atoms. The molecule has 26 heavy (non-hydrogen) atoms. The average Bonchev–Trinajstić information content (AvgIpc) is 2.68. The summed E-state index contributed by atoms with van der Waals surface area (Å²) in [5.74, 6) is 0. The molecule has 150 valence electrons. The SMILES string of the molecule is C=Cc1ccccc1.CCCCCCCCN(C)CCCCCCCC. The molecule has 0 aliphatic carbocycles. The van der Waals surface area contributed by atoms with Gasteiger partial charge in [0.25, 0.3) is 0 Å². The molecule has 0 N–H and O–H groups in total. The van der Waals surface area contributed by atoms with E-state index in [1.54, 1.807) is 0 Å². The Bertz CT molecular complexity index is 368. The highest BCUT2D eigenvalue weighted by Gasteiger charge is 1.98. The summed E-state index contributed by atoms with van der Waals surface area (Å²) >= 11 is 0. The Morgan fingerprint density at radius 2 is 1.12 bits per heavy atom. The molecule has 0 radical (unpaired) electrons. The van der Waals surface area contributed by atoms with Gasteiger partial charge in [-0.2, -0.15) is 0 Å². The van der Waals surface area contributed by atoms with Gasteiger partial charge in [0.05, 0.1) is 0 Å². The van der Waals surface area contributed by atoms with E-state index < -0.39 is 0 Å². The second kappa shape index (κ2) is 20.2. The number of hydrogen-bond acceptors (Lipinski definition) is 1. The van der Waals surface area contributed by atoms with Crippen LogP contribution in [0.1, 0.15) is 96.5 Å². The first-order valence-corrected chi connectivity index (χ1v) is 11.1. The van der Waals surface area contributed by atoms with E-state index in [0.29, 0.717) is 0 Å². The van der Waals surface area contributed by atoms with Crippen LogP contribution in [0.15, 0.2) is 36.9 Å². The predicted octanol–water partition coefficient (Wildman–Crippen LogP) is 7.97. The van der Waals surface area contributed by atoms with E-state index in [1.165, 1.54) is 95.7 Å². The van der Waals surface area contributed by atoms with Gasteiger partial charge in [0.1, 0.15) is 0 Å². The van der Waals surface area contributed by atoms with E-state index in [4.69, 9.17) is 0 Å². The van der Waals surface area contributed by atoms with Crippen LogP contribution in [0.5, 0.6) is 0 Å². The first kappa shape index (κ1) is 24.9. The van der Waals surface area contributed by atoms with Gasteiger partial charge in [-0.05, 0) is 38.5 Å². The summed E-state index contributed by atoms with van der Waals surface area (Å²) in [5.41, 5.74) is 1.17. The van der Waals surface area contributed by atoms with Crippen molar-refractivity contribution < 1.29 is 0 Å². The minimum absolute atomic E-state index is 1.17. The van der Waals surface area contributed by atoms with Crippen molar-refractivity contribution in [2.45, 2.75) is 90.9 Å². The molecule has 0 atom stereocenters. The lowest BCUT2D eigenvalue weighted by Crippen LogP contribution is -2.20. The van der Waals surface area contributed by atoms with Crippen molar-refractivity contribution in [2.75, 3.05) is 20.1 Å². The lowest BCUT2D eigenvalue weighted by molar-refractivity contribution is 0.314. The molecule has 1 rings (SSSR count). The summed E-state index contributed by atoms with van der Waals surface area (Å²) in [6.07, 6.45) is 18.8. The van der Waals surface area contributed by atoms with Gasteiger partial charge in [-0.25, -0.2) is 0 Å². The predicted molar refractivity (Wildman–Crippen MR) is 121 cm³/mol. The molecule has 0 aliphatic heterocycles. The molecule has 0 amide bonds. The van der Waals surface area contributed by atoms with Crippen LogP contribution in [0, 0.1) is 0 Å². The van der Waals surface area contributed by atoms with Crippen molar-refractivity contribution in [1.29, 1.82) is 0 Å². The summed E-state index contributed by atoms with van der Waals surface area (Å²) < 4.78 is 0. The van der Waals surface area contributed by atoms with Gasteiger partial charge in [0, 0.05) is 0 Å². The topological polar surface area (TPSA) is 3.24 Å². The smallest absolute Gasteiger partial charge is 0.00218 e. The minimum atomic E-state index is 1.17. The molecule has 0 fully saturated rings. The Kier molecular flexibility index (Phi) is 19.4. The zero-order chi connectivity index (χ0) is 19.3. The van der Waals surface area contributed by atoms with E-state index in [9.17, 15) is 0 Å². The monoisotopic (exact) mass is 359 g/mol. The van der Waals surface area contributed by atoms with Gasteiger partial charge in [-0.3, -0.25) is 0 Å².